The Balaban J connectivity index is 0.00000180. The summed E-state index contributed by atoms with van der Waals surface area (Å²) in [5.41, 5.74) is 0.362. The van der Waals surface area contributed by atoms with Crippen LogP contribution in [0.25, 0.3) is 0 Å². The van der Waals surface area contributed by atoms with Crippen LogP contribution in [-0.4, -0.2) is 38.8 Å². The summed E-state index contributed by atoms with van der Waals surface area (Å²) >= 11 is 0. The average molecular weight is 381 g/mol. The molecule has 2 N–H and O–H groups in total. The van der Waals surface area contributed by atoms with Crippen LogP contribution in [0, 0.1) is 5.41 Å². The van der Waals surface area contributed by atoms with Gasteiger partial charge in [0.05, 0.1) is 6.10 Å². The van der Waals surface area contributed by atoms with Crippen molar-refractivity contribution in [2.24, 2.45) is 10.4 Å². The lowest BCUT2D eigenvalue weighted by molar-refractivity contribution is -0.145. The number of hydrogen-bond donors (Lipinski definition) is 2. The zero-order chi connectivity index (χ0) is 13.0. The molecule has 0 aromatic heterocycles. The van der Waals surface area contributed by atoms with E-state index in [1.54, 1.807) is 0 Å². The molecule has 2 aliphatic rings. The summed E-state index contributed by atoms with van der Waals surface area (Å²) < 4.78 is 5.95. The van der Waals surface area contributed by atoms with Crippen molar-refractivity contribution in [2.45, 2.75) is 57.6 Å². The van der Waals surface area contributed by atoms with Gasteiger partial charge in [-0.05, 0) is 26.2 Å². The van der Waals surface area contributed by atoms with Gasteiger partial charge in [0.2, 0.25) is 0 Å². The van der Waals surface area contributed by atoms with E-state index in [1.807, 2.05) is 14.1 Å². The van der Waals surface area contributed by atoms with E-state index in [0.29, 0.717) is 17.6 Å². The molecule has 0 bridgehead atoms. The van der Waals surface area contributed by atoms with Gasteiger partial charge in [0.1, 0.15) is 0 Å². The van der Waals surface area contributed by atoms with E-state index in [0.717, 1.165) is 19.0 Å². The van der Waals surface area contributed by atoms with Crippen molar-refractivity contribution in [3.05, 3.63) is 0 Å². The summed E-state index contributed by atoms with van der Waals surface area (Å²) in [6.07, 6.45) is 8.25. The van der Waals surface area contributed by atoms with Crippen LogP contribution in [0.5, 0.6) is 0 Å². The van der Waals surface area contributed by atoms with Crippen molar-refractivity contribution in [3.8, 4) is 0 Å². The third-order valence-electron chi connectivity index (χ3n) is 4.71. The smallest absolute Gasteiger partial charge is 0.190 e. The molecule has 0 aromatic carbocycles. The SMILES string of the molecule is CCOC1CC(NC(=NC)NC)C12CCCCC2.I. The van der Waals surface area contributed by atoms with Crippen LogP contribution in [-0.2, 0) is 4.74 Å². The van der Waals surface area contributed by atoms with Crippen molar-refractivity contribution in [2.75, 3.05) is 20.7 Å². The normalized spacial score (nSPS) is 29.3. The second kappa shape index (κ2) is 7.67. The summed E-state index contributed by atoms with van der Waals surface area (Å²) in [6.45, 7) is 2.93. The van der Waals surface area contributed by atoms with E-state index in [-0.39, 0.29) is 24.0 Å². The quantitative estimate of drug-likeness (QED) is 0.449. The van der Waals surface area contributed by atoms with Gasteiger partial charge < -0.3 is 15.4 Å². The Bertz CT molecular complexity index is 303. The number of hydrogen-bond acceptors (Lipinski definition) is 2. The average Bonchev–Trinajstić information content (AvgIpc) is 2.43. The molecule has 19 heavy (non-hydrogen) atoms. The summed E-state index contributed by atoms with van der Waals surface area (Å²) in [7, 11) is 3.74. The van der Waals surface area contributed by atoms with Crippen LogP contribution < -0.4 is 10.6 Å². The van der Waals surface area contributed by atoms with Gasteiger partial charge in [-0.1, -0.05) is 19.3 Å². The molecule has 1 spiro atoms. The third-order valence-corrected chi connectivity index (χ3v) is 4.71. The Morgan fingerprint density at radius 3 is 2.53 bits per heavy atom. The minimum Gasteiger partial charge on any atom is -0.378 e. The molecule has 0 aromatic rings. The second-order valence-corrected chi connectivity index (χ2v) is 5.49. The highest BCUT2D eigenvalue weighted by Gasteiger charge is 2.55. The minimum atomic E-state index is 0. The van der Waals surface area contributed by atoms with E-state index in [2.05, 4.69) is 22.5 Å². The highest BCUT2D eigenvalue weighted by Crippen LogP contribution is 2.53. The van der Waals surface area contributed by atoms with Gasteiger partial charge in [0.15, 0.2) is 5.96 Å². The third kappa shape index (κ3) is 3.35. The van der Waals surface area contributed by atoms with Crippen molar-refractivity contribution in [3.63, 3.8) is 0 Å². The number of aliphatic imine (C=N–C) groups is 1. The van der Waals surface area contributed by atoms with Crippen LogP contribution in [0.1, 0.15) is 45.4 Å². The molecule has 0 heterocycles. The molecule has 2 atom stereocenters. The minimum absolute atomic E-state index is 0. The molecular formula is C14H28IN3O. The fraction of sp³-hybridized carbons (Fsp3) is 0.929. The molecule has 2 aliphatic carbocycles. The Morgan fingerprint density at radius 1 is 1.32 bits per heavy atom. The van der Waals surface area contributed by atoms with Gasteiger partial charge in [0.25, 0.3) is 0 Å². The van der Waals surface area contributed by atoms with E-state index in [1.165, 1.54) is 32.1 Å². The fourth-order valence-corrected chi connectivity index (χ4v) is 3.68. The lowest BCUT2D eigenvalue weighted by Crippen LogP contribution is -2.66. The summed E-state index contributed by atoms with van der Waals surface area (Å²) in [5.74, 6) is 0.903. The molecular weight excluding hydrogens is 353 g/mol. The number of nitrogens with one attached hydrogen (secondary N) is 2. The Kier molecular flexibility index (Phi) is 6.86. The summed E-state index contributed by atoms with van der Waals surface area (Å²) in [6, 6.07) is 0.528. The summed E-state index contributed by atoms with van der Waals surface area (Å²) in [4.78, 5) is 4.23. The van der Waals surface area contributed by atoms with E-state index in [4.69, 9.17) is 4.74 Å². The molecule has 0 radical (unpaired) electrons. The van der Waals surface area contributed by atoms with Crippen molar-refractivity contribution in [1.29, 1.82) is 0 Å². The molecule has 112 valence electrons. The molecule has 2 fully saturated rings. The maximum atomic E-state index is 5.95. The maximum absolute atomic E-state index is 5.95. The first-order valence-electron chi connectivity index (χ1n) is 7.29. The van der Waals surface area contributed by atoms with Crippen molar-refractivity contribution >= 4 is 29.9 Å². The van der Waals surface area contributed by atoms with Crippen LogP contribution in [0.4, 0.5) is 0 Å². The van der Waals surface area contributed by atoms with Gasteiger partial charge >= 0.3 is 0 Å². The zero-order valence-electron chi connectivity index (χ0n) is 12.4. The standard InChI is InChI=1S/C14H27N3O.HI/c1-4-18-12-10-11(17-13(15-2)16-3)14(12)8-6-5-7-9-14;/h11-12H,4-10H2,1-3H3,(H2,15,16,17);1H. The van der Waals surface area contributed by atoms with Crippen molar-refractivity contribution < 1.29 is 4.74 Å². The second-order valence-electron chi connectivity index (χ2n) is 5.49. The first kappa shape index (κ1) is 17.0. The van der Waals surface area contributed by atoms with Crippen LogP contribution in [0.3, 0.4) is 0 Å². The zero-order valence-corrected chi connectivity index (χ0v) is 14.7. The van der Waals surface area contributed by atoms with Crippen LogP contribution >= 0.6 is 24.0 Å². The predicted octanol–water partition coefficient (Wildman–Crippen LogP) is 2.53. The first-order chi connectivity index (χ1) is 8.76. The van der Waals surface area contributed by atoms with Gasteiger partial charge in [-0.2, -0.15) is 0 Å². The molecule has 4 nitrogen and oxygen atoms in total. The van der Waals surface area contributed by atoms with Crippen LogP contribution in [0.15, 0.2) is 4.99 Å². The molecule has 5 heteroatoms. The molecule has 0 aliphatic heterocycles. The van der Waals surface area contributed by atoms with Gasteiger partial charge in [-0.25, -0.2) is 0 Å². The number of ether oxygens (including phenoxy) is 1. The first-order valence-corrected chi connectivity index (χ1v) is 7.29. The Morgan fingerprint density at radius 2 is 2.00 bits per heavy atom. The van der Waals surface area contributed by atoms with Gasteiger partial charge in [-0.15, -0.1) is 24.0 Å². The van der Waals surface area contributed by atoms with Crippen molar-refractivity contribution in [1.82, 2.24) is 10.6 Å². The topological polar surface area (TPSA) is 45.6 Å². The summed E-state index contributed by atoms with van der Waals surface area (Å²) in [5, 5.41) is 6.68. The lowest BCUT2D eigenvalue weighted by Gasteiger charge is -2.57. The van der Waals surface area contributed by atoms with E-state index in [9.17, 15) is 0 Å². The van der Waals surface area contributed by atoms with Crippen LogP contribution in [0.2, 0.25) is 0 Å². The maximum Gasteiger partial charge on any atom is 0.190 e. The highest BCUT2D eigenvalue weighted by molar-refractivity contribution is 14.0. The van der Waals surface area contributed by atoms with E-state index < -0.39 is 0 Å². The molecule has 2 saturated carbocycles. The predicted molar refractivity (Wildman–Crippen MR) is 90.3 cm³/mol. The highest BCUT2D eigenvalue weighted by atomic mass is 127. The molecule has 0 saturated heterocycles. The van der Waals surface area contributed by atoms with E-state index >= 15 is 0 Å². The van der Waals surface area contributed by atoms with Gasteiger partial charge in [-0.3, -0.25) is 4.99 Å². The molecule has 0 amide bonds. The fourth-order valence-electron chi connectivity index (χ4n) is 3.68. The Hall–Kier alpha value is -0.0400. The number of nitrogens with zero attached hydrogens (tertiary/aromatic N) is 1. The number of halogens is 1. The van der Waals surface area contributed by atoms with Gasteiger partial charge in [0, 0.05) is 32.2 Å². The molecule has 2 unspecified atom stereocenters. The Labute approximate surface area is 134 Å². The lowest BCUT2D eigenvalue weighted by atomic mass is 9.55. The monoisotopic (exact) mass is 381 g/mol. The number of guanidine groups is 1. The number of rotatable bonds is 3. The largest absolute Gasteiger partial charge is 0.378 e. The molecule has 2 rings (SSSR count).